The molecular weight excluding hydrogens is 188 g/mol. The Balaban J connectivity index is 2.48. The van der Waals surface area contributed by atoms with Gasteiger partial charge in [0, 0.05) is 5.54 Å². The van der Waals surface area contributed by atoms with Gasteiger partial charge in [0.1, 0.15) is 6.04 Å². The van der Waals surface area contributed by atoms with E-state index in [9.17, 15) is 4.79 Å². The number of amides is 1. The first-order valence-electron chi connectivity index (χ1n) is 4.59. The van der Waals surface area contributed by atoms with Gasteiger partial charge < -0.3 is 10.6 Å². The molecule has 0 radical (unpaired) electrons. The summed E-state index contributed by atoms with van der Waals surface area (Å²) < 4.78 is 0. The summed E-state index contributed by atoms with van der Waals surface area (Å²) in [6, 6.07) is -0.221. The highest BCUT2D eigenvalue weighted by Gasteiger charge is 2.32. The minimum atomic E-state index is -0.221. The fourth-order valence-electron chi connectivity index (χ4n) is 1.38. The van der Waals surface area contributed by atoms with Gasteiger partial charge in [0.05, 0.1) is 5.38 Å². The number of halogens is 1. The van der Waals surface area contributed by atoms with Crippen molar-refractivity contribution in [3.8, 4) is 0 Å². The van der Waals surface area contributed by atoms with Crippen molar-refractivity contribution in [1.29, 1.82) is 0 Å². The lowest BCUT2D eigenvalue weighted by atomic mass is 10.1. The zero-order valence-electron chi connectivity index (χ0n) is 8.36. The second kappa shape index (κ2) is 3.84. The number of rotatable bonds is 1. The second-order valence-electron chi connectivity index (χ2n) is 4.48. The number of hydrogen-bond donors (Lipinski definition) is 2. The van der Waals surface area contributed by atoms with Gasteiger partial charge in [-0.1, -0.05) is 0 Å². The molecule has 2 N–H and O–H groups in total. The van der Waals surface area contributed by atoms with Gasteiger partial charge in [-0.2, -0.15) is 0 Å². The molecule has 1 saturated heterocycles. The van der Waals surface area contributed by atoms with Crippen LogP contribution in [0.2, 0.25) is 0 Å². The molecule has 0 saturated carbocycles. The molecule has 1 amide bonds. The number of hydrogen-bond acceptors (Lipinski definition) is 2. The Hall–Kier alpha value is -0.280. The molecule has 3 nitrogen and oxygen atoms in total. The van der Waals surface area contributed by atoms with Crippen LogP contribution in [-0.4, -0.2) is 29.4 Å². The van der Waals surface area contributed by atoms with E-state index in [4.69, 9.17) is 11.6 Å². The third-order valence-electron chi connectivity index (χ3n) is 1.93. The molecule has 0 aliphatic carbocycles. The highest BCUT2D eigenvalue weighted by molar-refractivity contribution is 6.23. The average Bonchev–Trinajstić information content (AvgIpc) is 2.30. The smallest absolute Gasteiger partial charge is 0.239 e. The maximum Gasteiger partial charge on any atom is 0.239 e. The van der Waals surface area contributed by atoms with Crippen LogP contribution in [0, 0.1) is 0 Å². The summed E-state index contributed by atoms with van der Waals surface area (Å²) in [5.41, 5.74) is -0.183. The molecule has 4 heteroatoms. The number of alkyl halides is 1. The molecule has 2 atom stereocenters. The minimum absolute atomic E-state index is 0.00463. The van der Waals surface area contributed by atoms with E-state index in [-0.39, 0.29) is 22.9 Å². The van der Waals surface area contributed by atoms with Crippen LogP contribution >= 0.6 is 11.6 Å². The quantitative estimate of drug-likeness (QED) is 0.623. The highest BCUT2D eigenvalue weighted by Crippen LogP contribution is 2.14. The molecule has 1 heterocycles. The molecule has 0 unspecified atom stereocenters. The summed E-state index contributed by atoms with van der Waals surface area (Å²) in [5.74, 6) is 0.00463. The summed E-state index contributed by atoms with van der Waals surface area (Å²) in [5, 5.41) is 5.92. The van der Waals surface area contributed by atoms with Crippen molar-refractivity contribution in [3.05, 3.63) is 0 Å². The molecule has 76 valence electrons. The molecule has 13 heavy (non-hydrogen) atoms. The van der Waals surface area contributed by atoms with Crippen LogP contribution in [0.25, 0.3) is 0 Å². The maximum atomic E-state index is 11.6. The normalized spacial score (nSPS) is 28.9. The van der Waals surface area contributed by atoms with E-state index in [1.807, 2.05) is 20.8 Å². The molecule has 0 bridgehead atoms. The van der Waals surface area contributed by atoms with Crippen molar-refractivity contribution >= 4 is 17.5 Å². The monoisotopic (exact) mass is 204 g/mol. The molecule has 0 aromatic rings. The van der Waals surface area contributed by atoms with Gasteiger partial charge in [-0.15, -0.1) is 11.6 Å². The molecule has 1 aliphatic rings. The Morgan fingerprint density at radius 2 is 2.15 bits per heavy atom. The largest absolute Gasteiger partial charge is 0.350 e. The van der Waals surface area contributed by atoms with E-state index in [1.54, 1.807) is 0 Å². The molecule has 1 aliphatic heterocycles. The van der Waals surface area contributed by atoms with Crippen molar-refractivity contribution in [2.45, 2.75) is 44.1 Å². The predicted octanol–water partition coefficient (Wildman–Crippen LogP) is 0.870. The fourth-order valence-corrected chi connectivity index (χ4v) is 1.69. The first kappa shape index (κ1) is 10.8. The Bertz CT molecular complexity index is 200. The Labute approximate surface area is 84.2 Å². The lowest BCUT2D eigenvalue weighted by molar-refractivity contribution is -0.124. The first-order valence-corrected chi connectivity index (χ1v) is 5.03. The van der Waals surface area contributed by atoms with Gasteiger partial charge in [-0.25, -0.2) is 0 Å². The summed E-state index contributed by atoms with van der Waals surface area (Å²) in [7, 11) is 0. The van der Waals surface area contributed by atoms with Crippen LogP contribution in [0.3, 0.4) is 0 Å². The van der Waals surface area contributed by atoms with E-state index in [1.165, 1.54) is 0 Å². The van der Waals surface area contributed by atoms with Crippen molar-refractivity contribution in [2.24, 2.45) is 0 Å². The number of carbonyl (C=O) groups is 1. The Morgan fingerprint density at radius 3 is 2.54 bits per heavy atom. The summed E-state index contributed by atoms with van der Waals surface area (Å²) in [6.45, 7) is 6.71. The van der Waals surface area contributed by atoms with Crippen LogP contribution in [0.4, 0.5) is 0 Å². The van der Waals surface area contributed by atoms with Gasteiger partial charge in [0.15, 0.2) is 0 Å². The fraction of sp³-hybridized carbons (Fsp3) is 0.889. The topological polar surface area (TPSA) is 41.1 Å². The van der Waals surface area contributed by atoms with Crippen molar-refractivity contribution in [1.82, 2.24) is 10.6 Å². The molecule has 0 aromatic carbocycles. The molecule has 0 aromatic heterocycles. The Morgan fingerprint density at radius 1 is 1.54 bits per heavy atom. The van der Waals surface area contributed by atoms with E-state index in [2.05, 4.69) is 10.6 Å². The van der Waals surface area contributed by atoms with E-state index < -0.39 is 0 Å². The van der Waals surface area contributed by atoms with Gasteiger partial charge in [0.2, 0.25) is 5.91 Å². The molecule has 1 fully saturated rings. The second-order valence-corrected chi connectivity index (χ2v) is 5.04. The molecule has 0 spiro atoms. The number of carbonyl (C=O) groups excluding carboxylic acids is 1. The van der Waals surface area contributed by atoms with Crippen LogP contribution in [0.5, 0.6) is 0 Å². The summed E-state index contributed by atoms with van der Waals surface area (Å²) >= 11 is 5.98. The third-order valence-corrected chi connectivity index (χ3v) is 2.40. The lowest BCUT2D eigenvalue weighted by Crippen LogP contribution is -2.51. The van der Waals surface area contributed by atoms with Crippen LogP contribution in [-0.2, 0) is 4.79 Å². The van der Waals surface area contributed by atoms with Crippen LogP contribution < -0.4 is 10.6 Å². The van der Waals surface area contributed by atoms with Gasteiger partial charge in [0.25, 0.3) is 0 Å². The maximum absolute atomic E-state index is 11.6. The van der Waals surface area contributed by atoms with Crippen LogP contribution in [0.15, 0.2) is 0 Å². The Kier molecular flexibility index (Phi) is 3.19. The third kappa shape index (κ3) is 3.16. The predicted molar refractivity (Wildman–Crippen MR) is 53.9 cm³/mol. The SMILES string of the molecule is CC(C)(C)NC(=O)[C@H]1NCC[C@H]1Cl. The van der Waals surface area contributed by atoms with E-state index in [0.717, 1.165) is 13.0 Å². The molecular formula is C9H17ClN2O. The van der Waals surface area contributed by atoms with E-state index >= 15 is 0 Å². The molecule has 1 rings (SSSR count). The summed E-state index contributed by atoms with van der Waals surface area (Å²) in [4.78, 5) is 11.6. The first-order chi connectivity index (χ1) is 5.90. The van der Waals surface area contributed by atoms with Gasteiger partial charge in [-0.05, 0) is 33.7 Å². The lowest BCUT2D eigenvalue weighted by Gasteiger charge is -2.24. The number of nitrogens with one attached hydrogen (secondary N) is 2. The van der Waals surface area contributed by atoms with Gasteiger partial charge >= 0.3 is 0 Å². The van der Waals surface area contributed by atoms with E-state index in [0.29, 0.717) is 0 Å². The van der Waals surface area contributed by atoms with Crippen molar-refractivity contribution < 1.29 is 4.79 Å². The van der Waals surface area contributed by atoms with Crippen molar-refractivity contribution in [2.75, 3.05) is 6.54 Å². The standard InChI is InChI=1S/C9H17ClN2O/c1-9(2,3)12-8(13)7-6(10)4-5-11-7/h6-7,11H,4-5H2,1-3H3,(H,12,13)/t6-,7+/m1/s1. The van der Waals surface area contributed by atoms with Gasteiger partial charge in [-0.3, -0.25) is 4.79 Å². The summed E-state index contributed by atoms with van der Waals surface area (Å²) in [6.07, 6.45) is 0.865. The van der Waals surface area contributed by atoms with Crippen molar-refractivity contribution in [3.63, 3.8) is 0 Å². The average molecular weight is 205 g/mol. The van der Waals surface area contributed by atoms with Crippen LogP contribution in [0.1, 0.15) is 27.2 Å². The zero-order chi connectivity index (χ0) is 10.1. The minimum Gasteiger partial charge on any atom is -0.350 e. The zero-order valence-corrected chi connectivity index (χ0v) is 9.11. The highest BCUT2D eigenvalue weighted by atomic mass is 35.5.